The van der Waals surface area contributed by atoms with Gasteiger partial charge in [0.1, 0.15) is 5.75 Å². The molecular weight excluding hydrogens is 409 g/mol. The smallest absolute Gasteiger partial charge is 0.401 e. The number of morpholine rings is 1. The molecule has 2 saturated heterocycles. The highest BCUT2D eigenvalue weighted by atomic mass is 19.4. The van der Waals surface area contributed by atoms with Crippen LogP contribution in [0.3, 0.4) is 0 Å². The zero-order valence-electron chi connectivity index (χ0n) is 18.8. The van der Waals surface area contributed by atoms with Crippen molar-refractivity contribution in [2.75, 3.05) is 32.7 Å². The summed E-state index contributed by atoms with van der Waals surface area (Å²) in [6.07, 6.45) is -2.64. The molecule has 174 valence electrons. The van der Waals surface area contributed by atoms with Crippen LogP contribution < -0.4 is 4.74 Å². The van der Waals surface area contributed by atoms with Crippen molar-refractivity contribution in [2.45, 2.75) is 70.9 Å². The van der Waals surface area contributed by atoms with E-state index in [-0.39, 0.29) is 24.7 Å². The van der Waals surface area contributed by atoms with Crippen molar-refractivity contribution in [1.82, 2.24) is 9.80 Å². The van der Waals surface area contributed by atoms with Gasteiger partial charge in [0.15, 0.2) is 0 Å². The first-order valence-corrected chi connectivity index (χ1v) is 11.0. The van der Waals surface area contributed by atoms with Gasteiger partial charge in [-0.2, -0.15) is 13.2 Å². The zero-order valence-corrected chi connectivity index (χ0v) is 18.8. The molecule has 1 spiro atoms. The van der Waals surface area contributed by atoms with Crippen LogP contribution in [0.25, 0.3) is 0 Å². The van der Waals surface area contributed by atoms with Crippen LogP contribution in [0.2, 0.25) is 0 Å². The normalized spacial score (nSPS) is 22.2. The van der Waals surface area contributed by atoms with Crippen LogP contribution in [-0.4, -0.2) is 72.4 Å². The Morgan fingerprint density at radius 2 is 1.97 bits per heavy atom. The molecule has 0 radical (unpaired) electrons. The lowest BCUT2D eigenvalue weighted by Gasteiger charge is -2.50. The molecule has 2 aliphatic rings. The highest BCUT2D eigenvalue weighted by molar-refractivity contribution is 5.94. The summed E-state index contributed by atoms with van der Waals surface area (Å²) in [4.78, 5) is 16.3. The topological polar surface area (TPSA) is 42.0 Å². The molecule has 8 heteroatoms. The molecule has 0 aliphatic carbocycles. The van der Waals surface area contributed by atoms with Gasteiger partial charge in [-0.05, 0) is 63.8 Å². The molecule has 2 fully saturated rings. The molecule has 2 aliphatic heterocycles. The van der Waals surface area contributed by atoms with E-state index in [1.165, 1.54) is 4.90 Å². The predicted octanol–water partition coefficient (Wildman–Crippen LogP) is 4.43. The average Bonchev–Trinajstić information content (AvgIpc) is 2.67. The van der Waals surface area contributed by atoms with E-state index in [0.29, 0.717) is 44.5 Å². The van der Waals surface area contributed by atoms with Crippen LogP contribution in [0.4, 0.5) is 13.2 Å². The number of nitrogens with zero attached hydrogens (tertiary/aromatic N) is 2. The van der Waals surface area contributed by atoms with Crippen molar-refractivity contribution in [3.8, 4) is 5.75 Å². The predicted molar refractivity (Wildman–Crippen MR) is 112 cm³/mol. The first-order chi connectivity index (χ1) is 14.5. The molecule has 3 rings (SSSR count). The molecule has 1 unspecified atom stereocenters. The van der Waals surface area contributed by atoms with Gasteiger partial charge in [0.05, 0.1) is 24.4 Å². The average molecular weight is 443 g/mol. The summed E-state index contributed by atoms with van der Waals surface area (Å²) in [6, 6.07) is 5.42. The van der Waals surface area contributed by atoms with Crippen LogP contribution in [-0.2, 0) is 4.74 Å². The molecule has 0 aromatic heterocycles. The third-order valence-electron chi connectivity index (χ3n) is 5.99. The Labute approximate surface area is 182 Å². The van der Waals surface area contributed by atoms with Gasteiger partial charge in [-0.15, -0.1) is 0 Å². The summed E-state index contributed by atoms with van der Waals surface area (Å²) >= 11 is 0. The number of carbonyl (C=O) groups is 1. The number of alkyl halides is 3. The van der Waals surface area contributed by atoms with E-state index >= 15 is 0 Å². The fourth-order valence-corrected chi connectivity index (χ4v) is 4.52. The Morgan fingerprint density at radius 3 is 2.52 bits per heavy atom. The van der Waals surface area contributed by atoms with Gasteiger partial charge in [0.25, 0.3) is 5.91 Å². The maximum atomic E-state index is 13.0. The summed E-state index contributed by atoms with van der Waals surface area (Å²) < 4.78 is 50.9. The minimum absolute atomic E-state index is 0.0536. The Balaban J connectivity index is 1.65. The maximum Gasteiger partial charge on any atom is 0.401 e. The molecule has 5 nitrogen and oxygen atoms in total. The highest BCUT2D eigenvalue weighted by Crippen LogP contribution is 2.35. The summed E-state index contributed by atoms with van der Waals surface area (Å²) in [5.41, 5.74) is 0.878. The van der Waals surface area contributed by atoms with E-state index in [1.54, 1.807) is 11.0 Å². The van der Waals surface area contributed by atoms with Crippen LogP contribution in [0.1, 0.15) is 56.0 Å². The minimum Gasteiger partial charge on any atom is -0.491 e. The second kappa shape index (κ2) is 9.36. The van der Waals surface area contributed by atoms with Gasteiger partial charge < -0.3 is 14.4 Å². The lowest BCUT2D eigenvalue weighted by Crippen LogP contribution is -2.61. The lowest BCUT2D eigenvalue weighted by molar-refractivity contribution is -0.204. The summed E-state index contributed by atoms with van der Waals surface area (Å²) in [5.74, 6) is 0.694. The Hall–Kier alpha value is -1.80. The van der Waals surface area contributed by atoms with Crippen molar-refractivity contribution in [1.29, 1.82) is 0 Å². The number of likely N-dealkylation sites (tertiary alicyclic amines) is 1. The number of halogens is 3. The molecule has 0 N–H and O–H groups in total. The van der Waals surface area contributed by atoms with E-state index in [0.717, 1.165) is 11.3 Å². The van der Waals surface area contributed by atoms with Gasteiger partial charge in [-0.1, -0.05) is 6.92 Å². The van der Waals surface area contributed by atoms with Crippen molar-refractivity contribution < 1.29 is 27.4 Å². The Bertz CT molecular complexity index is 774. The van der Waals surface area contributed by atoms with Crippen LogP contribution in [0.5, 0.6) is 5.75 Å². The van der Waals surface area contributed by atoms with Crippen molar-refractivity contribution >= 4 is 5.91 Å². The summed E-state index contributed by atoms with van der Waals surface area (Å²) in [7, 11) is 0. The van der Waals surface area contributed by atoms with Crippen molar-refractivity contribution in [2.24, 2.45) is 0 Å². The molecule has 0 bridgehead atoms. The molecule has 1 aromatic carbocycles. The number of hydrogen-bond donors (Lipinski definition) is 0. The second-order valence-electron chi connectivity index (χ2n) is 9.06. The summed E-state index contributed by atoms with van der Waals surface area (Å²) in [6.45, 7) is 8.33. The first kappa shape index (κ1) is 23.9. The van der Waals surface area contributed by atoms with E-state index in [4.69, 9.17) is 9.47 Å². The number of hydrogen-bond acceptors (Lipinski definition) is 4. The largest absolute Gasteiger partial charge is 0.491 e. The molecule has 1 aromatic rings. The molecule has 0 saturated carbocycles. The number of aryl methyl sites for hydroxylation is 1. The molecule has 2 heterocycles. The lowest BCUT2D eigenvalue weighted by atomic mass is 9.88. The molecule has 1 atom stereocenters. The van der Waals surface area contributed by atoms with Gasteiger partial charge in [0, 0.05) is 31.7 Å². The maximum absolute atomic E-state index is 13.0. The van der Waals surface area contributed by atoms with Crippen LogP contribution in [0, 0.1) is 6.92 Å². The number of benzene rings is 1. The van der Waals surface area contributed by atoms with E-state index < -0.39 is 18.3 Å². The van der Waals surface area contributed by atoms with Gasteiger partial charge in [0.2, 0.25) is 0 Å². The highest BCUT2D eigenvalue weighted by Gasteiger charge is 2.45. The number of ether oxygens (including phenoxy) is 2. The van der Waals surface area contributed by atoms with Crippen molar-refractivity contribution in [3.63, 3.8) is 0 Å². The number of piperidine rings is 1. The van der Waals surface area contributed by atoms with E-state index in [9.17, 15) is 18.0 Å². The minimum atomic E-state index is -4.23. The number of amides is 1. The molecule has 1 amide bonds. The van der Waals surface area contributed by atoms with Gasteiger partial charge in [-0.3, -0.25) is 9.69 Å². The van der Waals surface area contributed by atoms with Gasteiger partial charge >= 0.3 is 6.18 Å². The Morgan fingerprint density at radius 1 is 1.29 bits per heavy atom. The SMILES string of the molecule is CCC1CN(CC(F)(F)F)CC2(CCN(C(=O)c3ccc(OC(C)C)c(C)c3)CC2)O1. The fourth-order valence-electron chi connectivity index (χ4n) is 4.52. The van der Waals surface area contributed by atoms with Crippen molar-refractivity contribution in [3.05, 3.63) is 29.3 Å². The summed E-state index contributed by atoms with van der Waals surface area (Å²) in [5, 5.41) is 0. The van der Waals surface area contributed by atoms with E-state index in [2.05, 4.69) is 0 Å². The third kappa shape index (κ3) is 6.13. The first-order valence-electron chi connectivity index (χ1n) is 11.0. The number of rotatable bonds is 5. The van der Waals surface area contributed by atoms with E-state index in [1.807, 2.05) is 39.8 Å². The Kier molecular flexibility index (Phi) is 7.21. The third-order valence-corrected chi connectivity index (χ3v) is 5.99. The fraction of sp³-hybridized carbons (Fsp3) is 0.696. The quantitative estimate of drug-likeness (QED) is 0.677. The molecular formula is C23H33F3N2O3. The molecule has 31 heavy (non-hydrogen) atoms. The standard InChI is InChI=1S/C23H33F3N2O3/c1-5-19-13-27(15-23(24,25)26)14-22(31-19)8-10-28(11-9-22)21(29)18-6-7-20(17(4)12-18)30-16(2)3/h6-7,12,16,19H,5,8-11,13-15H2,1-4H3. The monoisotopic (exact) mass is 442 g/mol. The second-order valence-corrected chi connectivity index (χ2v) is 9.06. The number of carbonyl (C=O) groups excluding carboxylic acids is 1. The van der Waals surface area contributed by atoms with Gasteiger partial charge in [-0.25, -0.2) is 0 Å². The van der Waals surface area contributed by atoms with Crippen LogP contribution in [0.15, 0.2) is 18.2 Å². The van der Waals surface area contributed by atoms with Crippen LogP contribution >= 0.6 is 0 Å². The zero-order chi connectivity index (χ0) is 22.8.